The molecule has 1 atom stereocenters. The molecule has 2 N–H and O–H groups in total. The van der Waals surface area contributed by atoms with Gasteiger partial charge >= 0.3 is 0 Å². The number of para-hydroxylation sites is 1. The topological polar surface area (TPSA) is 70.7 Å². The van der Waals surface area contributed by atoms with Crippen LogP contribution in [0.5, 0.6) is 0 Å². The lowest BCUT2D eigenvalue weighted by Gasteiger charge is -2.35. The van der Waals surface area contributed by atoms with E-state index in [4.69, 9.17) is 27.9 Å². The number of hydrogen-bond acceptors (Lipinski definition) is 4. The van der Waals surface area contributed by atoms with E-state index in [1.807, 2.05) is 24.3 Å². The van der Waals surface area contributed by atoms with Crippen molar-refractivity contribution in [3.8, 4) is 0 Å². The zero-order chi connectivity index (χ0) is 22.5. The first-order valence-electron chi connectivity index (χ1n) is 11.0. The average Bonchev–Trinajstić information content (AvgIpc) is 3.32. The Labute approximate surface area is 198 Å². The second-order valence-electron chi connectivity index (χ2n) is 8.22. The molecule has 6 nitrogen and oxygen atoms in total. The zero-order valence-electron chi connectivity index (χ0n) is 17.8. The molecule has 2 heterocycles. The summed E-state index contributed by atoms with van der Waals surface area (Å²) in [5.74, 6) is -0.275. The summed E-state index contributed by atoms with van der Waals surface area (Å²) in [6.45, 7) is 2.80. The van der Waals surface area contributed by atoms with Crippen LogP contribution in [0.25, 0.3) is 0 Å². The van der Waals surface area contributed by atoms with Crippen LogP contribution in [0.3, 0.4) is 0 Å². The summed E-state index contributed by atoms with van der Waals surface area (Å²) in [7, 11) is 0. The van der Waals surface area contributed by atoms with Gasteiger partial charge in [-0.1, -0.05) is 35.3 Å². The van der Waals surface area contributed by atoms with Crippen molar-refractivity contribution >= 4 is 40.7 Å². The Kier molecular flexibility index (Phi) is 7.55. The van der Waals surface area contributed by atoms with Crippen molar-refractivity contribution in [2.24, 2.45) is 0 Å². The molecule has 0 unspecified atom stereocenters. The molecule has 8 heteroatoms. The van der Waals surface area contributed by atoms with Gasteiger partial charge in [0.25, 0.3) is 11.8 Å². The largest absolute Gasteiger partial charge is 0.376 e. The molecule has 32 heavy (non-hydrogen) atoms. The number of halogens is 2. The third-order valence-corrected chi connectivity index (χ3v) is 6.56. The number of carbonyl (C=O) groups is 2. The van der Waals surface area contributed by atoms with E-state index in [2.05, 4.69) is 15.5 Å². The van der Waals surface area contributed by atoms with E-state index < -0.39 is 0 Å². The van der Waals surface area contributed by atoms with Gasteiger partial charge in [-0.25, -0.2) is 0 Å². The lowest BCUT2D eigenvalue weighted by Crippen LogP contribution is -2.45. The van der Waals surface area contributed by atoms with E-state index in [9.17, 15) is 9.59 Å². The van der Waals surface area contributed by atoms with E-state index in [0.29, 0.717) is 27.7 Å². The molecule has 0 saturated carbocycles. The van der Waals surface area contributed by atoms with Crippen molar-refractivity contribution in [1.29, 1.82) is 0 Å². The predicted octanol–water partition coefficient (Wildman–Crippen LogP) is 4.30. The maximum Gasteiger partial charge on any atom is 0.253 e. The van der Waals surface area contributed by atoms with Crippen molar-refractivity contribution in [3.05, 3.63) is 63.6 Å². The van der Waals surface area contributed by atoms with Crippen LogP contribution in [0.15, 0.2) is 42.5 Å². The molecule has 0 aromatic heterocycles. The van der Waals surface area contributed by atoms with Crippen LogP contribution < -0.4 is 15.5 Å². The number of hydrogen-bond donors (Lipinski definition) is 2. The Morgan fingerprint density at radius 1 is 1.00 bits per heavy atom. The van der Waals surface area contributed by atoms with E-state index in [1.54, 1.807) is 18.2 Å². The number of ether oxygens (including phenoxy) is 1. The van der Waals surface area contributed by atoms with Crippen molar-refractivity contribution in [3.63, 3.8) is 0 Å². The van der Waals surface area contributed by atoms with Crippen LogP contribution >= 0.6 is 23.2 Å². The Hall–Kier alpha value is -2.28. The van der Waals surface area contributed by atoms with Gasteiger partial charge in [-0.3, -0.25) is 9.59 Å². The highest BCUT2D eigenvalue weighted by atomic mass is 35.5. The maximum absolute atomic E-state index is 12.8. The first-order valence-corrected chi connectivity index (χ1v) is 11.8. The Bertz CT molecular complexity index is 971. The molecule has 2 aromatic rings. The molecule has 0 spiro atoms. The molecule has 170 valence electrons. The molecule has 2 aliphatic rings. The fourth-order valence-corrected chi connectivity index (χ4v) is 4.74. The number of anilines is 1. The zero-order valence-corrected chi connectivity index (χ0v) is 19.3. The molecule has 0 radical (unpaired) electrons. The molecule has 2 aliphatic heterocycles. The third kappa shape index (κ3) is 5.55. The predicted molar refractivity (Wildman–Crippen MR) is 127 cm³/mol. The standard InChI is InChI=1S/C24H27Cl2N3O3/c25-16-7-8-19(21(26)14-16)24(31)28-17-9-11-29(12-10-17)22-6-2-1-5-20(22)23(30)27-15-18-4-3-13-32-18/h1-2,5-8,14,17-18H,3-4,9-13,15H2,(H,27,30)(H,28,31)/t18-/m1/s1. The van der Waals surface area contributed by atoms with Gasteiger partial charge in [0.2, 0.25) is 0 Å². The number of benzene rings is 2. The molecular weight excluding hydrogens is 449 g/mol. The highest BCUT2D eigenvalue weighted by Crippen LogP contribution is 2.25. The van der Waals surface area contributed by atoms with E-state index in [1.165, 1.54) is 0 Å². The monoisotopic (exact) mass is 475 g/mol. The lowest BCUT2D eigenvalue weighted by molar-refractivity contribution is 0.0858. The van der Waals surface area contributed by atoms with Crippen LogP contribution in [-0.4, -0.2) is 50.2 Å². The second kappa shape index (κ2) is 10.6. The van der Waals surface area contributed by atoms with Gasteiger partial charge in [0.1, 0.15) is 0 Å². The number of carbonyl (C=O) groups excluding carboxylic acids is 2. The Morgan fingerprint density at radius 2 is 1.78 bits per heavy atom. The highest BCUT2D eigenvalue weighted by Gasteiger charge is 2.25. The normalized spacial score (nSPS) is 19.1. The smallest absolute Gasteiger partial charge is 0.253 e. The van der Waals surface area contributed by atoms with Gasteiger partial charge < -0.3 is 20.3 Å². The fourth-order valence-electron chi connectivity index (χ4n) is 4.25. The number of nitrogens with zero attached hydrogens (tertiary/aromatic N) is 1. The summed E-state index contributed by atoms with van der Waals surface area (Å²) in [4.78, 5) is 27.6. The van der Waals surface area contributed by atoms with Gasteiger partial charge in [0.05, 0.1) is 22.3 Å². The van der Waals surface area contributed by atoms with Gasteiger partial charge in [-0.05, 0) is 56.0 Å². The van der Waals surface area contributed by atoms with Crippen LogP contribution in [0.1, 0.15) is 46.4 Å². The third-order valence-electron chi connectivity index (χ3n) is 6.01. The number of nitrogens with one attached hydrogen (secondary N) is 2. The minimum atomic E-state index is -0.195. The number of piperidine rings is 1. The summed E-state index contributed by atoms with van der Waals surface area (Å²) in [5, 5.41) is 6.92. The molecule has 2 saturated heterocycles. The first-order chi connectivity index (χ1) is 15.5. The van der Waals surface area contributed by atoms with E-state index >= 15 is 0 Å². The van der Waals surface area contributed by atoms with Crippen molar-refractivity contribution in [2.45, 2.75) is 37.8 Å². The molecule has 4 rings (SSSR count). The maximum atomic E-state index is 12.8. The second-order valence-corrected chi connectivity index (χ2v) is 9.06. The van der Waals surface area contributed by atoms with Crippen LogP contribution in [-0.2, 0) is 4.74 Å². The van der Waals surface area contributed by atoms with Gasteiger partial charge in [0.15, 0.2) is 0 Å². The summed E-state index contributed by atoms with van der Waals surface area (Å²) < 4.78 is 5.60. The van der Waals surface area contributed by atoms with Crippen molar-refractivity contribution < 1.29 is 14.3 Å². The van der Waals surface area contributed by atoms with Crippen LogP contribution in [0.4, 0.5) is 5.69 Å². The Balaban J connectivity index is 1.34. The minimum Gasteiger partial charge on any atom is -0.376 e. The molecule has 0 aliphatic carbocycles. The summed E-state index contributed by atoms with van der Waals surface area (Å²) >= 11 is 12.1. The Morgan fingerprint density at radius 3 is 2.50 bits per heavy atom. The average molecular weight is 476 g/mol. The van der Waals surface area contributed by atoms with Crippen molar-refractivity contribution in [1.82, 2.24) is 10.6 Å². The SMILES string of the molecule is O=C(NC1CCN(c2ccccc2C(=O)NC[C@H]2CCCO2)CC1)c1ccc(Cl)cc1Cl. The quantitative estimate of drug-likeness (QED) is 0.653. The van der Waals surface area contributed by atoms with E-state index in [0.717, 1.165) is 51.1 Å². The molecule has 0 bridgehead atoms. The fraction of sp³-hybridized carbons (Fsp3) is 0.417. The first kappa shape index (κ1) is 22.9. The van der Waals surface area contributed by atoms with Crippen LogP contribution in [0, 0.1) is 0 Å². The van der Waals surface area contributed by atoms with Gasteiger partial charge in [-0.15, -0.1) is 0 Å². The van der Waals surface area contributed by atoms with E-state index in [-0.39, 0.29) is 24.0 Å². The number of amides is 2. The molecule has 2 aromatic carbocycles. The highest BCUT2D eigenvalue weighted by molar-refractivity contribution is 6.36. The molecule has 2 fully saturated rings. The molecular formula is C24H27Cl2N3O3. The van der Waals surface area contributed by atoms with Crippen LogP contribution in [0.2, 0.25) is 10.0 Å². The minimum absolute atomic E-state index is 0.0472. The van der Waals surface area contributed by atoms with Gasteiger partial charge in [0, 0.05) is 43.0 Å². The summed E-state index contributed by atoms with van der Waals surface area (Å²) in [6, 6.07) is 12.6. The van der Waals surface area contributed by atoms with Crippen molar-refractivity contribution in [2.75, 3.05) is 31.1 Å². The summed E-state index contributed by atoms with van der Waals surface area (Å²) in [5.41, 5.74) is 2.01. The summed E-state index contributed by atoms with van der Waals surface area (Å²) in [6.07, 6.45) is 3.71. The van der Waals surface area contributed by atoms with Gasteiger partial charge in [-0.2, -0.15) is 0 Å². The lowest BCUT2D eigenvalue weighted by atomic mass is 10.0. The molecule has 2 amide bonds. The number of rotatable bonds is 6.